The van der Waals surface area contributed by atoms with Gasteiger partial charge in [0.25, 0.3) is 0 Å². The smallest absolute Gasteiger partial charge is 0.238 e. The summed E-state index contributed by atoms with van der Waals surface area (Å²) < 4.78 is 0. The molecule has 1 aliphatic carbocycles. The van der Waals surface area contributed by atoms with Crippen LogP contribution in [0.15, 0.2) is 5.38 Å². The summed E-state index contributed by atoms with van der Waals surface area (Å²) in [7, 11) is 0. The molecule has 0 aromatic carbocycles. The van der Waals surface area contributed by atoms with Crippen LogP contribution in [0.25, 0.3) is 0 Å². The molecule has 0 bridgehead atoms. The fourth-order valence-corrected chi connectivity index (χ4v) is 2.17. The van der Waals surface area contributed by atoms with Gasteiger partial charge in [-0.1, -0.05) is 0 Å². The van der Waals surface area contributed by atoms with Gasteiger partial charge in [-0.2, -0.15) is 0 Å². The molecule has 1 fully saturated rings. The maximum Gasteiger partial charge on any atom is 0.238 e. The van der Waals surface area contributed by atoms with E-state index in [2.05, 4.69) is 15.7 Å². The van der Waals surface area contributed by atoms with Crippen molar-refractivity contribution in [3.63, 3.8) is 0 Å². The molecule has 0 radical (unpaired) electrons. The van der Waals surface area contributed by atoms with Gasteiger partial charge in [0.15, 0.2) is 0 Å². The zero-order chi connectivity index (χ0) is 10.8. The summed E-state index contributed by atoms with van der Waals surface area (Å²) in [5.74, 6) is 0.539. The van der Waals surface area contributed by atoms with Crippen molar-refractivity contribution in [2.45, 2.75) is 37.6 Å². The molecule has 3 nitrogen and oxygen atoms in total. The van der Waals surface area contributed by atoms with E-state index in [-0.39, 0.29) is 5.91 Å². The van der Waals surface area contributed by atoms with Crippen LogP contribution in [0.3, 0.4) is 0 Å². The van der Waals surface area contributed by atoms with E-state index in [9.17, 15) is 4.79 Å². The summed E-state index contributed by atoms with van der Waals surface area (Å²) >= 11 is 7.23. The lowest BCUT2D eigenvalue weighted by Gasteiger charge is -2.03. The molecular formula is C10H13ClN2OS. The van der Waals surface area contributed by atoms with Gasteiger partial charge >= 0.3 is 0 Å². The van der Waals surface area contributed by atoms with E-state index < -0.39 is 5.38 Å². The molecule has 1 N–H and O–H groups in total. The van der Waals surface area contributed by atoms with Crippen LogP contribution in [-0.4, -0.2) is 16.3 Å². The monoisotopic (exact) mass is 244 g/mol. The molecule has 1 aliphatic rings. The summed E-state index contributed by atoms with van der Waals surface area (Å²) in [4.78, 5) is 15.7. The van der Waals surface area contributed by atoms with Gasteiger partial charge in [-0.25, -0.2) is 4.98 Å². The average Bonchev–Trinajstić information content (AvgIpc) is 2.95. The number of rotatable bonds is 4. The quantitative estimate of drug-likeness (QED) is 0.826. The van der Waals surface area contributed by atoms with Crippen LogP contribution in [0.4, 0.5) is 0 Å². The lowest BCUT2D eigenvalue weighted by molar-refractivity contribution is -0.120. The zero-order valence-corrected chi connectivity index (χ0v) is 10.1. The van der Waals surface area contributed by atoms with Gasteiger partial charge in [-0.05, 0) is 19.8 Å². The number of halogens is 1. The van der Waals surface area contributed by atoms with Crippen molar-refractivity contribution < 1.29 is 4.79 Å². The normalized spacial score (nSPS) is 17.5. The van der Waals surface area contributed by atoms with Crippen molar-refractivity contribution in [3.05, 3.63) is 16.1 Å². The molecule has 1 saturated carbocycles. The maximum absolute atomic E-state index is 11.2. The highest BCUT2D eigenvalue weighted by Crippen LogP contribution is 2.40. The number of carbonyl (C=O) groups is 1. The Kier molecular flexibility index (Phi) is 3.26. The van der Waals surface area contributed by atoms with E-state index in [0.717, 1.165) is 5.01 Å². The minimum Gasteiger partial charge on any atom is -0.348 e. The molecule has 82 valence electrons. The van der Waals surface area contributed by atoms with Gasteiger partial charge in [0.1, 0.15) is 10.4 Å². The second-order valence-corrected chi connectivity index (χ2v) is 5.37. The lowest BCUT2D eigenvalue weighted by Crippen LogP contribution is -2.28. The molecule has 2 rings (SSSR count). The maximum atomic E-state index is 11.2. The van der Waals surface area contributed by atoms with Crippen molar-refractivity contribution in [3.8, 4) is 0 Å². The summed E-state index contributed by atoms with van der Waals surface area (Å²) in [6.07, 6.45) is 2.52. The summed E-state index contributed by atoms with van der Waals surface area (Å²) in [5.41, 5.74) is 1.18. The van der Waals surface area contributed by atoms with Gasteiger partial charge in [0.05, 0.1) is 12.2 Å². The van der Waals surface area contributed by atoms with Crippen molar-refractivity contribution in [2.75, 3.05) is 0 Å². The minimum absolute atomic E-state index is 0.139. The molecule has 5 heteroatoms. The number of amides is 1. The van der Waals surface area contributed by atoms with Crippen molar-refractivity contribution >= 4 is 28.8 Å². The molecule has 15 heavy (non-hydrogen) atoms. The first-order valence-corrected chi connectivity index (χ1v) is 6.34. The third-order valence-electron chi connectivity index (χ3n) is 2.34. The molecule has 1 unspecified atom stereocenters. The first kappa shape index (κ1) is 10.9. The van der Waals surface area contributed by atoms with Crippen LogP contribution in [-0.2, 0) is 11.3 Å². The Morgan fingerprint density at radius 1 is 1.80 bits per heavy atom. The van der Waals surface area contributed by atoms with Gasteiger partial charge in [-0.3, -0.25) is 4.79 Å². The Hall–Kier alpha value is -0.610. The summed E-state index contributed by atoms with van der Waals surface area (Å²) in [5, 5.41) is 5.32. The van der Waals surface area contributed by atoms with Crippen LogP contribution in [0, 0.1) is 0 Å². The van der Waals surface area contributed by atoms with Gasteiger partial charge in [0.2, 0.25) is 5.91 Å². The largest absolute Gasteiger partial charge is 0.348 e. The van der Waals surface area contributed by atoms with Gasteiger partial charge < -0.3 is 5.32 Å². The van der Waals surface area contributed by atoms with E-state index >= 15 is 0 Å². The highest BCUT2D eigenvalue weighted by molar-refractivity contribution is 7.09. The standard InChI is InChI=1S/C10H13ClN2OS/c1-6(11)10(14)12-4-9-13-8(5-15-9)7-2-3-7/h5-7H,2-4H2,1H3,(H,12,14). The number of carbonyl (C=O) groups excluding carboxylic acids is 1. The molecule has 1 aromatic heterocycles. The third kappa shape index (κ3) is 2.92. The van der Waals surface area contributed by atoms with E-state index in [1.807, 2.05) is 0 Å². The Morgan fingerprint density at radius 2 is 2.53 bits per heavy atom. The van der Waals surface area contributed by atoms with Crippen LogP contribution in [0.5, 0.6) is 0 Å². The number of nitrogens with one attached hydrogen (secondary N) is 1. The number of hydrogen-bond acceptors (Lipinski definition) is 3. The lowest BCUT2D eigenvalue weighted by atomic mass is 10.3. The van der Waals surface area contributed by atoms with Crippen molar-refractivity contribution in [1.82, 2.24) is 10.3 Å². The second-order valence-electron chi connectivity index (χ2n) is 3.77. The Labute approximate surface area is 97.9 Å². The topological polar surface area (TPSA) is 42.0 Å². The predicted molar refractivity (Wildman–Crippen MR) is 61.3 cm³/mol. The highest BCUT2D eigenvalue weighted by Gasteiger charge is 2.25. The Bertz CT molecular complexity index is 360. The van der Waals surface area contributed by atoms with E-state index in [1.165, 1.54) is 18.5 Å². The number of alkyl halides is 1. The summed E-state index contributed by atoms with van der Waals surface area (Å²) in [6.45, 7) is 2.15. The number of hydrogen-bond donors (Lipinski definition) is 1. The Balaban J connectivity index is 1.85. The molecule has 0 aliphatic heterocycles. The van der Waals surface area contributed by atoms with Crippen LogP contribution in [0.2, 0.25) is 0 Å². The van der Waals surface area contributed by atoms with Crippen molar-refractivity contribution in [2.24, 2.45) is 0 Å². The predicted octanol–water partition coefficient (Wildman–Crippen LogP) is 2.26. The molecular weight excluding hydrogens is 232 g/mol. The second kappa shape index (κ2) is 4.49. The number of nitrogens with zero attached hydrogens (tertiary/aromatic N) is 1. The SMILES string of the molecule is CC(Cl)C(=O)NCc1nc(C2CC2)cs1. The Morgan fingerprint density at radius 3 is 3.13 bits per heavy atom. The van der Waals surface area contributed by atoms with E-state index in [4.69, 9.17) is 11.6 Å². The molecule has 0 saturated heterocycles. The fraction of sp³-hybridized carbons (Fsp3) is 0.600. The summed E-state index contributed by atoms with van der Waals surface area (Å²) in [6, 6.07) is 0. The average molecular weight is 245 g/mol. The fourth-order valence-electron chi connectivity index (χ4n) is 1.28. The number of aromatic nitrogens is 1. The molecule has 1 heterocycles. The van der Waals surface area contributed by atoms with Crippen LogP contribution in [0.1, 0.15) is 36.4 Å². The first-order chi connectivity index (χ1) is 7.16. The van der Waals surface area contributed by atoms with Crippen LogP contribution < -0.4 is 5.32 Å². The van der Waals surface area contributed by atoms with Gasteiger partial charge in [0, 0.05) is 11.3 Å². The first-order valence-electron chi connectivity index (χ1n) is 5.03. The van der Waals surface area contributed by atoms with Crippen LogP contribution >= 0.6 is 22.9 Å². The van der Waals surface area contributed by atoms with Gasteiger partial charge in [-0.15, -0.1) is 22.9 Å². The molecule has 1 amide bonds. The third-order valence-corrected chi connectivity index (χ3v) is 3.41. The molecule has 1 atom stereocenters. The number of thiazole rings is 1. The van der Waals surface area contributed by atoms with E-state index in [1.54, 1.807) is 18.3 Å². The molecule has 1 aromatic rings. The van der Waals surface area contributed by atoms with Crippen molar-refractivity contribution in [1.29, 1.82) is 0 Å². The van der Waals surface area contributed by atoms with E-state index in [0.29, 0.717) is 12.5 Å². The highest BCUT2D eigenvalue weighted by atomic mass is 35.5. The minimum atomic E-state index is -0.479. The molecule has 0 spiro atoms. The zero-order valence-electron chi connectivity index (χ0n) is 8.50.